The molecular formula is C19H40N2. The normalized spacial score (nSPS) is 14.9. The fourth-order valence-corrected chi connectivity index (χ4v) is 3.00. The summed E-state index contributed by atoms with van der Waals surface area (Å²) in [5.74, 6) is 1.69. The number of hydrogen-bond donors (Lipinski definition) is 1. The molecule has 0 aliphatic heterocycles. The Morgan fingerprint density at radius 1 is 0.857 bits per heavy atom. The molecule has 0 aliphatic rings. The highest BCUT2D eigenvalue weighted by Crippen LogP contribution is 2.18. The standard InChI is InChI=1S/C19H40N2/c1-5-9-12-18(7-3)16-21(15-11-14-20)17-19(8-4)13-10-6-2/h11,14,18-19H,5-10,12-13,15-17,20H2,1-4H3/b14-11+. The molecule has 126 valence electrons. The summed E-state index contributed by atoms with van der Waals surface area (Å²) >= 11 is 0. The molecular weight excluding hydrogens is 256 g/mol. The highest BCUT2D eigenvalue weighted by atomic mass is 15.1. The minimum Gasteiger partial charge on any atom is -0.405 e. The summed E-state index contributed by atoms with van der Waals surface area (Å²) in [6.07, 6.45) is 14.5. The summed E-state index contributed by atoms with van der Waals surface area (Å²) in [5.41, 5.74) is 5.56. The smallest absolute Gasteiger partial charge is 0.0180 e. The van der Waals surface area contributed by atoms with Crippen LogP contribution in [0.2, 0.25) is 0 Å². The van der Waals surface area contributed by atoms with Crippen molar-refractivity contribution in [2.75, 3.05) is 19.6 Å². The van der Waals surface area contributed by atoms with Gasteiger partial charge in [-0.3, -0.25) is 4.90 Å². The molecule has 2 N–H and O–H groups in total. The van der Waals surface area contributed by atoms with E-state index < -0.39 is 0 Å². The van der Waals surface area contributed by atoms with Crippen LogP contribution in [-0.4, -0.2) is 24.5 Å². The molecule has 0 aliphatic carbocycles. The maximum atomic E-state index is 5.56. The lowest BCUT2D eigenvalue weighted by molar-refractivity contribution is 0.197. The van der Waals surface area contributed by atoms with Crippen molar-refractivity contribution in [2.45, 2.75) is 79.1 Å². The number of hydrogen-bond acceptors (Lipinski definition) is 2. The molecule has 0 fully saturated rings. The van der Waals surface area contributed by atoms with Gasteiger partial charge < -0.3 is 5.73 Å². The van der Waals surface area contributed by atoms with Crippen molar-refractivity contribution in [3.05, 3.63) is 12.3 Å². The molecule has 2 heteroatoms. The van der Waals surface area contributed by atoms with E-state index in [-0.39, 0.29) is 0 Å². The van der Waals surface area contributed by atoms with Gasteiger partial charge in [0.2, 0.25) is 0 Å². The molecule has 0 amide bonds. The van der Waals surface area contributed by atoms with Crippen LogP contribution in [0.4, 0.5) is 0 Å². The number of unbranched alkanes of at least 4 members (excludes halogenated alkanes) is 2. The highest BCUT2D eigenvalue weighted by molar-refractivity contribution is 4.82. The molecule has 0 saturated heterocycles. The van der Waals surface area contributed by atoms with E-state index in [0.717, 1.165) is 18.4 Å². The second-order valence-electron chi connectivity index (χ2n) is 6.48. The molecule has 0 radical (unpaired) electrons. The van der Waals surface area contributed by atoms with Gasteiger partial charge in [-0.05, 0) is 30.9 Å². The van der Waals surface area contributed by atoms with Gasteiger partial charge >= 0.3 is 0 Å². The first-order valence-electron chi connectivity index (χ1n) is 9.30. The molecule has 21 heavy (non-hydrogen) atoms. The van der Waals surface area contributed by atoms with Crippen molar-refractivity contribution in [3.63, 3.8) is 0 Å². The zero-order valence-electron chi connectivity index (χ0n) is 15.1. The van der Waals surface area contributed by atoms with E-state index in [1.54, 1.807) is 6.20 Å². The van der Waals surface area contributed by atoms with Crippen LogP contribution in [0.25, 0.3) is 0 Å². The molecule has 0 spiro atoms. The summed E-state index contributed by atoms with van der Waals surface area (Å²) in [6.45, 7) is 12.8. The summed E-state index contributed by atoms with van der Waals surface area (Å²) in [5, 5.41) is 0. The van der Waals surface area contributed by atoms with Gasteiger partial charge in [-0.2, -0.15) is 0 Å². The van der Waals surface area contributed by atoms with Gasteiger partial charge in [0.05, 0.1) is 0 Å². The predicted molar refractivity (Wildman–Crippen MR) is 96.4 cm³/mol. The molecule has 0 aromatic heterocycles. The van der Waals surface area contributed by atoms with Gasteiger partial charge in [-0.15, -0.1) is 0 Å². The van der Waals surface area contributed by atoms with E-state index >= 15 is 0 Å². The van der Waals surface area contributed by atoms with Crippen LogP contribution in [0, 0.1) is 11.8 Å². The van der Waals surface area contributed by atoms with Gasteiger partial charge in [0.15, 0.2) is 0 Å². The van der Waals surface area contributed by atoms with E-state index in [0.29, 0.717) is 0 Å². The highest BCUT2D eigenvalue weighted by Gasteiger charge is 2.15. The average molecular weight is 297 g/mol. The second-order valence-corrected chi connectivity index (χ2v) is 6.48. The summed E-state index contributed by atoms with van der Waals surface area (Å²) in [4.78, 5) is 2.64. The lowest BCUT2D eigenvalue weighted by atomic mass is 9.95. The Hall–Kier alpha value is -0.500. The molecule has 0 heterocycles. The molecule has 0 rings (SSSR count). The lowest BCUT2D eigenvalue weighted by Gasteiger charge is -2.29. The predicted octanol–water partition coefficient (Wildman–Crippen LogP) is 5.19. The van der Waals surface area contributed by atoms with Gasteiger partial charge in [-0.1, -0.05) is 72.3 Å². The topological polar surface area (TPSA) is 29.3 Å². The Balaban J connectivity index is 4.45. The van der Waals surface area contributed by atoms with Crippen molar-refractivity contribution >= 4 is 0 Å². The molecule has 2 atom stereocenters. The van der Waals surface area contributed by atoms with Gasteiger partial charge in [0.1, 0.15) is 0 Å². The third-order valence-electron chi connectivity index (χ3n) is 4.62. The van der Waals surface area contributed by atoms with E-state index in [2.05, 4.69) is 38.7 Å². The fraction of sp³-hybridized carbons (Fsp3) is 0.895. The maximum Gasteiger partial charge on any atom is 0.0180 e. The van der Waals surface area contributed by atoms with Crippen molar-refractivity contribution < 1.29 is 0 Å². The Morgan fingerprint density at radius 2 is 1.33 bits per heavy atom. The Morgan fingerprint density at radius 3 is 1.67 bits per heavy atom. The molecule has 0 saturated carbocycles. The van der Waals surface area contributed by atoms with Crippen molar-refractivity contribution in [1.82, 2.24) is 4.90 Å². The molecule has 0 bridgehead atoms. The maximum absolute atomic E-state index is 5.56. The lowest BCUT2D eigenvalue weighted by Crippen LogP contribution is -2.34. The fourth-order valence-electron chi connectivity index (χ4n) is 3.00. The minimum atomic E-state index is 0.847. The minimum absolute atomic E-state index is 0.847. The average Bonchev–Trinajstić information content (AvgIpc) is 2.52. The third-order valence-corrected chi connectivity index (χ3v) is 4.62. The summed E-state index contributed by atoms with van der Waals surface area (Å²) < 4.78 is 0. The Labute approximate surface area is 134 Å². The number of rotatable bonds is 14. The monoisotopic (exact) mass is 296 g/mol. The van der Waals surface area contributed by atoms with Crippen LogP contribution in [0.3, 0.4) is 0 Å². The zero-order valence-corrected chi connectivity index (χ0v) is 15.1. The third kappa shape index (κ3) is 10.8. The van der Waals surface area contributed by atoms with Crippen LogP contribution >= 0.6 is 0 Å². The molecule has 0 aromatic carbocycles. The van der Waals surface area contributed by atoms with Crippen molar-refractivity contribution in [1.29, 1.82) is 0 Å². The van der Waals surface area contributed by atoms with Crippen LogP contribution in [0.1, 0.15) is 79.1 Å². The van der Waals surface area contributed by atoms with Gasteiger partial charge in [0.25, 0.3) is 0 Å². The molecule has 2 nitrogen and oxygen atoms in total. The number of nitrogens with zero attached hydrogens (tertiary/aromatic N) is 1. The molecule has 2 unspecified atom stereocenters. The Bertz CT molecular complexity index is 220. The van der Waals surface area contributed by atoms with Crippen LogP contribution in [0.5, 0.6) is 0 Å². The number of nitrogens with two attached hydrogens (primary N) is 1. The van der Waals surface area contributed by atoms with Gasteiger partial charge in [0, 0.05) is 19.6 Å². The van der Waals surface area contributed by atoms with E-state index in [4.69, 9.17) is 5.73 Å². The van der Waals surface area contributed by atoms with Crippen LogP contribution in [-0.2, 0) is 0 Å². The first-order chi connectivity index (χ1) is 10.2. The summed E-state index contributed by atoms with van der Waals surface area (Å²) in [7, 11) is 0. The van der Waals surface area contributed by atoms with Crippen LogP contribution < -0.4 is 5.73 Å². The SMILES string of the molecule is CCCCC(CC)CN(C/C=C/N)CC(CC)CCCC. The zero-order chi connectivity index (χ0) is 15.9. The second kappa shape index (κ2) is 14.4. The first-order valence-corrected chi connectivity index (χ1v) is 9.30. The van der Waals surface area contributed by atoms with E-state index in [1.807, 2.05) is 0 Å². The van der Waals surface area contributed by atoms with E-state index in [9.17, 15) is 0 Å². The summed E-state index contributed by atoms with van der Waals surface area (Å²) in [6, 6.07) is 0. The van der Waals surface area contributed by atoms with Crippen molar-refractivity contribution in [2.24, 2.45) is 17.6 Å². The van der Waals surface area contributed by atoms with Crippen molar-refractivity contribution in [3.8, 4) is 0 Å². The van der Waals surface area contributed by atoms with E-state index in [1.165, 1.54) is 64.5 Å². The molecule has 0 aromatic rings. The quantitative estimate of drug-likeness (QED) is 0.478. The Kier molecular flexibility index (Phi) is 14.1. The first kappa shape index (κ1) is 20.5. The van der Waals surface area contributed by atoms with Gasteiger partial charge in [-0.25, -0.2) is 0 Å². The van der Waals surface area contributed by atoms with Crippen LogP contribution in [0.15, 0.2) is 12.3 Å². The largest absolute Gasteiger partial charge is 0.405 e.